The third-order valence-corrected chi connectivity index (χ3v) is 4.83. The standard InChI is InChI=1S/C18H17N5OS/c1-12-6-7-14(24-3)18-20-16(21-23(12)18)8-9-17-19-13(11-22(17)2)15-5-4-10-25-15/h4-11H,1-3H3/b9-8+. The molecule has 25 heavy (non-hydrogen) atoms. The van der Waals surface area contributed by atoms with Crippen molar-refractivity contribution in [2.24, 2.45) is 7.05 Å². The van der Waals surface area contributed by atoms with Crippen LogP contribution in [-0.2, 0) is 7.05 Å². The highest BCUT2D eigenvalue weighted by atomic mass is 32.1. The number of thiophene rings is 1. The summed E-state index contributed by atoms with van der Waals surface area (Å²) in [6, 6.07) is 7.96. The van der Waals surface area contributed by atoms with E-state index in [1.165, 1.54) is 0 Å². The number of aromatic nitrogens is 5. The Morgan fingerprint density at radius 2 is 2.04 bits per heavy atom. The van der Waals surface area contributed by atoms with Gasteiger partial charge in [0, 0.05) is 18.9 Å². The minimum absolute atomic E-state index is 0.619. The van der Waals surface area contributed by atoms with E-state index in [1.54, 1.807) is 23.0 Å². The van der Waals surface area contributed by atoms with Gasteiger partial charge in [0.15, 0.2) is 17.2 Å². The number of imidazole rings is 1. The number of hydrogen-bond acceptors (Lipinski definition) is 5. The van der Waals surface area contributed by atoms with Gasteiger partial charge in [-0.25, -0.2) is 14.5 Å². The predicted molar refractivity (Wildman–Crippen MR) is 99.7 cm³/mol. The Bertz CT molecular complexity index is 1060. The molecule has 4 aromatic heterocycles. The second kappa shape index (κ2) is 6.18. The van der Waals surface area contributed by atoms with Gasteiger partial charge in [0.25, 0.3) is 0 Å². The van der Waals surface area contributed by atoms with Gasteiger partial charge in [-0.2, -0.15) is 0 Å². The van der Waals surface area contributed by atoms with Crippen LogP contribution < -0.4 is 4.74 Å². The van der Waals surface area contributed by atoms with Crippen molar-refractivity contribution in [2.45, 2.75) is 6.92 Å². The first-order chi connectivity index (χ1) is 12.2. The highest BCUT2D eigenvalue weighted by Crippen LogP contribution is 2.24. The number of rotatable bonds is 4. The second-order valence-corrected chi connectivity index (χ2v) is 6.60. The van der Waals surface area contributed by atoms with Crippen molar-refractivity contribution in [3.05, 3.63) is 53.2 Å². The fourth-order valence-electron chi connectivity index (χ4n) is 2.63. The van der Waals surface area contributed by atoms with E-state index in [1.807, 2.05) is 55.1 Å². The van der Waals surface area contributed by atoms with Crippen LogP contribution in [0.25, 0.3) is 28.4 Å². The molecule has 126 valence electrons. The molecule has 0 unspecified atom stereocenters. The van der Waals surface area contributed by atoms with Crippen LogP contribution in [0.2, 0.25) is 0 Å². The Morgan fingerprint density at radius 3 is 2.80 bits per heavy atom. The van der Waals surface area contributed by atoms with E-state index in [4.69, 9.17) is 4.74 Å². The molecular formula is C18H17N5OS. The lowest BCUT2D eigenvalue weighted by Gasteiger charge is -2.02. The summed E-state index contributed by atoms with van der Waals surface area (Å²) in [5.74, 6) is 2.17. The van der Waals surface area contributed by atoms with Crippen molar-refractivity contribution in [1.29, 1.82) is 0 Å². The molecule has 0 saturated heterocycles. The van der Waals surface area contributed by atoms with E-state index in [-0.39, 0.29) is 0 Å². The molecule has 4 aromatic rings. The molecule has 0 saturated carbocycles. The van der Waals surface area contributed by atoms with Crippen molar-refractivity contribution >= 4 is 29.1 Å². The highest BCUT2D eigenvalue weighted by molar-refractivity contribution is 7.13. The maximum atomic E-state index is 5.36. The third-order valence-electron chi connectivity index (χ3n) is 3.94. The van der Waals surface area contributed by atoms with Crippen LogP contribution in [0.1, 0.15) is 17.3 Å². The fraction of sp³-hybridized carbons (Fsp3) is 0.167. The van der Waals surface area contributed by atoms with Crippen molar-refractivity contribution in [1.82, 2.24) is 24.1 Å². The summed E-state index contributed by atoms with van der Waals surface area (Å²) < 4.78 is 9.14. The summed E-state index contributed by atoms with van der Waals surface area (Å²) in [7, 11) is 3.61. The highest BCUT2D eigenvalue weighted by Gasteiger charge is 2.10. The molecule has 0 N–H and O–H groups in total. The van der Waals surface area contributed by atoms with E-state index >= 15 is 0 Å². The molecule has 0 aliphatic rings. The molecule has 0 aliphatic carbocycles. The average Bonchev–Trinajstić information content (AvgIpc) is 3.33. The average molecular weight is 351 g/mol. The van der Waals surface area contributed by atoms with Gasteiger partial charge in [-0.1, -0.05) is 6.07 Å². The molecule has 4 heterocycles. The van der Waals surface area contributed by atoms with E-state index in [9.17, 15) is 0 Å². The van der Waals surface area contributed by atoms with Crippen LogP contribution in [0, 0.1) is 6.92 Å². The molecule has 0 aromatic carbocycles. The maximum Gasteiger partial charge on any atom is 0.198 e. The van der Waals surface area contributed by atoms with Crippen LogP contribution in [0.4, 0.5) is 0 Å². The maximum absolute atomic E-state index is 5.36. The zero-order valence-electron chi connectivity index (χ0n) is 14.2. The summed E-state index contributed by atoms with van der Waals surface area (Å²) in [4.78, 5) is 10.4. The second-order valence-electron chi connectivity index (χ2n) is 5.65. The quantitative estimate of drug-likeness (QED) is 0.563. The zero-order chi connectivity index (χ0) is 17.4. The lowest BCUT2D eigenvalue weighted by Crippen LogP contribution is -1.95. The Kier molecular flexibility index (Phi) is 3.85. The number of hydrogen-bond donors (Lipinski definition) is 0. The van der Waals surface area contributed by atoms with E-state index in [2.05, 4.69) is 26.5 Å². The van der Waals surface area contributed by atoms with Crippen LogP contribution in [0.3, 0.4) is 0 Å². The predicted octanol–water partition coefficient (Wildman–Crippen LogP) is 3.68. The smallest absolute Gasteiger partial charge is 0.198 e. The van der Waals surface area contributed by atoms with E-state index < -0.39 is 0 Å². The topological polar surface area (TPSA) is 57.2 Å². The van der Waals surface area contributed by atoms with E-state index in [0.717, 1.165) is 22.1 Å². The largest absolute Gasteiger partial charge is 0.493 e. The molecule has 0 aliphatic heterocycles. The number of fused-ring (bicyclic) bond motifs is 1. The van der Waals surface area contributed by atoms with Crippen LogP contribution in [-0.4, -0.2) is 31.3 Å². The lowest BCUT2D eigenvalue weighted by atomic mass is 10.3. The molecular weight excluding hydrogens is 334 g/mol. The van der Waals surface area contributed by atoms with Gasteiger partial charge < -0.3 is 9.30 Å². The van der Waals surface area contributed by atoms with Crippen molar-refractivity contribution < 1.29 is 4.74 Å². The normalized spacial score (nSPS) is 11.6. The van der Waals surface area contributed by atoms with Crippen LogP contribution in [0.15, 0.2) is 35.8 Å². The fourth-order valence-corrected chi connectivity index (χ4v) is 3.31. The van der Waals surface area contributed by atoms with Gasteiger partial charge in [0.05, 0.1) is 17.7 Å². The van der Waals surface area contributed by atoms with Gasteiger partial charge in [0.2, 0.25) is 0 Å². The Balaban J connectivity index is 1.68. The van der Waals surface area contributed by atoms with Gasteiger partial charge in [-0.15, -0.1) is 16.4 Å². The first-order valence-corrected chi connectivity index (χ1v) is 8.69. The summed E-state index contributed by atoms with van der Waals surface area (Å²) >= 11 is 1.68. The van der Waals surface area contributed by atoms with Gasteiger partial charge in [-0.3, -0.25) is 0 Å². The molecule has 4 rings (SSSR count). The zero-order valence-corrected chi connectivity index (χ0v) is 15.0. The number of nitrogens with zero attached hydrogens (tertiary/aromatic N) is 5. The van der Waals surface area contributed by atoms with Crippen molar-refractivity contribution in [2.75, 3.05) is 7.11 Å². The molecule has 0 amide bonds. The van der Waals surface area contributed by atoms with Gasteiger partial charge in [-0.05, 0) is 42.7 Å². The molecule has 6 nitrogen and oxygen atoms in total. The van der Waals surface area contributed by atoms with Crippen LogP contribution >= 0.6 is 11.3 Å². The summed E-state index contributed by atoms with van der Waals surface area (Å²) in [6.45, 7) is 1.99. The first-order valence-electron chi connectivity index (χ1n) is 7.81. The molecule has 0 bridgehead atoms. The molecule has 0 radical (unpaired) electrons. The number of ether oxygens (including phenoxy) is 1. The number of aryl methyl sites for hydroxylation is 2. The molecule has 7 heteroatoms. The van der Waals surface area contributed by atoms with Gasteiger partial charge >= 0.3 is 0 Å². The van der Waals surface area contributed by atoms with E-state index in [0.29, 0.717) is 17.2 Å². The SMILES string of the molecule is COc1ccc(C)n2nc(/C=C/c3nc(-c4cccs4)cn3C)nc12. The Morgan fingerprint density at radius 1 is 1.16 bits per heavy atom. The Hall–Kier alpha value is -2.93. The van der Waals surface area contributed by atoms with Gasteiger partial charge in [0.1, 0.15) is 5.82 Å². The molecule has 0 fully saturated rings. The summed E-state index contributed by atoms with van der Waals surface area (Å²) in [6.07, 6.45) is 5.82. The summed E-state index contributed by atoms with van der Waals surface area (Å²) in [5, 5.41) is 6.58. The first kappa shape index (κ1) is 15.6. The Labute approximate surface area is 149 Å². The molecule has 0 spiro atoms. The lowest BCUT2D eigenvalue weighted by molar-refractivity contribution is 0.416. The minimum atomic E-state index is 0.619. The third kappa shape index (κ3) is 2.83. The monoisotopic (exact) mass is 351 g/mol. The van der Waals surface area contributed by atoms with Crippen LogP contribution in [0.5, 0.6) is 5.75 Å². The molecule has 0 atom stereocenters. The summed E-state index contributed by atoms with van der Waals surface area (Å²) in [5.41, 5.74) is 2.68. The van der Waals surface area contributed by atoms with Crippen molar-refractivity contribution in [3.8, 4) is 16.3 Å². The number of pyridine rings is 1. The minimum Gasteiger partial charge on any atom is -0.493 e. The number of methoxy groups -OCH3 is 1. The van der Waals surface area contributed by atoms with Crippen molar-refractivity contribution in [3.63, 3.8) is 0 Å².